The standard InChI is InChI=1S/C17H26N2OS/c1-4-13(3)21-15-5-6-16(12(2)11-15)19-17(20)14-7-9-18-10-8-14/h5-6,11,13-14,18H,4,7-10H2,1-3H3,(H,19,20). The summed E-state index contributed by atoms with van der Waals surface area (Å²) in [6.07, 6.45) is 3.04. The predicted octanol–water partition coefficient (Wildman–Crippen LogP) is 3.82. The molecule has 0 spiro atoms. The summed E-state index contributed by atoms with van der Waals surface area (Å²) < 4.78 is 0. The lowest BCUT2D eigenvalue weighted by atomic mass is 9.97. The maximum Gasteiger partial charge on any atom is 0.227 e. The minimum atomic E-state index is 0.153. The molecule has 0 radical (unpaired) electrons. The van der Waals surface area contributed by atoms with E-state index in [-0.39, 0.29) is 11.8 Å². The van der Waals surface area contributed by atoms with Crippen LogP contribution in [0.2, 0.25) is 0 Å². The Balaban J connectivity index is 1.98. The lowest BCUT2D eigenvalue weighted by Gasteiger charge is -2.22. The van der Waals surface area contributed by atoms with Gasteiger partial charge in [-0.25, -0.2) is 0 Å². The first-order valence-corrected chi connectivity index (χ1v) is 8.77. The van der Waals surface area contributed by atoms with Crippen LogP contribution in [0.4, 0.5) is 5.69 Å². The van der Waals surface area contributed by atoms with E-state index in [0.29, 0.717) is 5.25 Å². The molecule has 1 aliphatic heterocycles. The number of carbonyl (C=O) groups excluding carboxylic acids is 1. The van der Waals surface area contributed by atoms with Crippen molar-refractivity contribution in [3.8, 4) is 0 Å². The molecule has 116 valence electrons. The highest BCUT2D eigenvalue weighted by molar-refractivity contribution is 7.99. The SMILES string of the molecule is CCC(C)Sc1ccc(NC(=O)C2CCNCC2)c(C)c1. The summed E-state index contributed by atoms with van der Waals surface area (Å²) in [5, 5.41) is 7.02. The molecular weight excluding hydrogens is 280 g/mol. The van der Waals surface area contributed by atoms with Gasteiger partial charge in [0.25, 0.3) is 0 Å². The molecular formula is C17H26N2OS. The molecule has 0 saturated carbocycles. The average Bonchev–Trinajstić information content (AvgIpc) is 2.50. The van der Waals surface area contributed by atoms with E-state index in [4.69, 9.17) is 0 Å². The van der Waals surface area contributed by atoms with Gasteiger partial charge in [0, 0.05) is 21.8 Å². The number of piperidine rings is 1. The van der Waals surface area contributed by atoms with Gasteiger partial charge in [0.15, 0.2) is 0 Å². The minimum absolute atomic E-state index is 0.153. The molecule has 1 atom stereocenters. The average molecular weight is 306 g/mol. The fourth-order valence-corrected chi connectivity index (χ4v) is 3.51. The third kappa shape index (κ3) is 4.75. The highest BCUT2D eigenvalue weighted by Gasteiger charge is 2.21. The Morgan fingerprint density at radius 1 is 1.43 bits per heavy atom. The normalized spacial score (nSPS) is 17.5. The summed E-state index contributed by atoms with van der Waals surface area (Å²) in [6, 6.07) is 6.33. The van der Waals surface area contributed by atoms with Crippen molar-refractivity contribution < 1.29 is 4.79 Å². The van der Waals surface area contributed by atoms with Crippen LogP contribution in [0.25, 0.3) is 0 Å². The summed E-state index contributed by atoms with van der Waals surface area (Å²) in [5.41, 5.74) is 2.10. The molecule has 2 rings (SSSR count). The van der Waals surface area contributed by atoms with Crippen LogP contribution in [0.3, 0.4) is 0 Å². The van der Waals surface area contributed by atoms with Crippen molar-refractivity contribution in [2.24, 2.45) is 5.92 Å². The van der Waals surface area contributed by atoms with E-state index in [2.05, 4.69) is 43.5 Å². The van der Waals surface area contributed by atoms with Crippen molar-refractivity contribution in [2.75, 3.05) is 18.4 Å². The van der Waals surface area contributed by atoms with Gasteiger partial charge in [0.2, 0.25) is 5.91 Å². The Morgan fingerprint density at radius 3 is 2.76 bits per heavy atom. The molecule has 1 fully saturated rings. The molecule has 1 saturated heterocycles. The van der Waals surface area contributed by atoms with E-state index in [1.807, 2.05) is 17.8 Å². The van der Waals surface area contributed by atoms with Gasteiger partial charge < -0.3 is 10.6 Å². The van der Waals surface area contributed by atoms with Gasteiger partial charge in [-0.15, -0.1) is 11.8 Å². The number of amides is 1. The largest absolute Gasteiger partial charge is 0.326 e. The second-order valence-corrected chi connectivity index (χ2v) is 7.34. The fourth-order valence-electron chi connectivity index (χ4n) is 2.48. The van der Waals surface area contributed by atoms with Crippen LogP contribution >= 0.6 is 11.8 Å². The van der Waals surface area contributed by atoms with Crippen molar-refractivity contribution in [1.82, 2.24) is 5.32 Å². The molecule has 3 nitrogen and oxygen atoms in total. The second-order valence-electron chi connectivity index (χ2n) is 5.83. The Bertz CT molecular complexity index is 484. The van der Waals surface area contributed by atoms with Crippen molar-refractivity contribution in [1.29, 1.82) is 0 Å². The zero-order valence-electron chi connectivity index (χ0n) is 13.2. The van der Waals surface area contributed by atoms with E-state index < -0.39 is 0 Å². The third-order valence-electron chi connectivity index (χ3n) is 4.08. The van der Waals surface area contributed by atoms with Gasteiger partial charge in [-0.3, -0.25) is 4.79 Å². The maximum atomic E-state index is 12.3. The third-order valence-corrected chi connectivity index (χ3v) is 5.34. The van der Waals surface area contributed by atoms with E-state index in [0.717, 1.165) is 43.6 Å². The first kappa shape index (κ1) is 16.4. The van der Waals surface area contributed by atoms with Gasteiger partial charge in [-0.2, -0.15) is 0 Å². The zero-order chi connectivity index (χ0) is 15.2. The van der Waals surface area contributed by atoms with Gasteiger partial charge in [-0.05, 0) is 63.0 Å². The minimum Gasteiger partial charge on any atom is -0.326 e. The Morgan fingerprint density at radius 2 is 2.14 bits per heavy atom. The van der Waals surface area contributed by atoms with Crippen molar-refractivity contribution in [3.63, 3.8) is 0 Å². The maximum absolute atomic E-state index is 12.3. The molecule has 4 heteroatoms. The van der Waals surface area contributed by atoms with E-state index in [1.54, 1.807) is 0 Å². The lowest BCUT2D eigenvalue weighted by Crippen LogP contribution is -2.34. The molecule has 1 aromatic carbocycles. The van der Waals surface area contributed by atoms with Crippen molar-refractivity contribution in [2.45, 2.75) is 50.2 Å². The number of nitrogens with one attached hydrogen (secondary N) is 2. The summed E-state index contributed by atoms with van der Waals surface area (Å²) >= 11 is 1.89. The van der Waals surface area contributed by atoms with Gasteiger partial charge >= 0.3 is 0 Å². The molecule has 2 N–H and O–H groups in total. The Kier molecular flexibility index (Phi) is 6.12. The topological polar surface area (TPSA) is 41.1 Å². The van der Waals surface area contributed by atoms with Crippen molar-refractivity contribution >= 4 is 23.4 Å². The zero-order valence-corrected chi connectivity index (χ0v) is 14.1. The van der Waals surface area contributed by atoms with Gasteiger partial charge in [0.05, 0.1) is 0 Å². The van der Waals surface area contributed by atoms with Crippen LogP contribution in [0.1, 0.15) is 38.7 Å². The monoisotopic (exact) mass is 306 g/mol. The molecule has 21 heavy (non-hydrogen) atoms. The second kappa shape index (κ2) is 7.85. The summed E-state index contributed by atoms with van der Waals surface area (Å²) in [6.45, 7) is 8.41. The highest BCUT2D eigenvalue weighted by Crippen LogP contribution is 2.29. The predicted molar refractivity (Wildman–Crippen MR) is 91.0 cm³/mol. The quantitative estimate of drug-likeness (QED) is 0.813. The Labute approximate surface area is 132 Å². The fraction of sp³-hybridized carbons (Fsp3) is 0.588. The number of benzene rings is 1. The molecule has 1 aromatic rings. The lowest BCUT2D eigenvalue weighted by molar-refractivity contribution is -0.120. The van der Waals surface area contributed by atoms with E-state index in [9.17, 15) is 4.79 Å². The smallest absolute Gasteiger partial charge is 0.227 e. The molecule has 1 heterocycles. The first-order chi connectivity index (χ1) is 10.1. The van der Waals surface area contributed by atoms with Crippen molar-refractivity contribution in [3.05, 3.63) is 23.8 Å². The first-order valence-electron chi connectivity index (χ1n) is 7.89. The number of hydrogen-bond acceptors (Lipinski definition) is 3. The molecule has 0 bridgehead atoms. The Hall–Kier alpha value is -1.00. The van der Waals surface area contributed by atoms with Crippen LogP contribution in [0.5, 0.6) is 0 Å². The number of rotatable bonds is 5. The number of thioether (sulfide) groups is 1. The van der Waals surface area contributed by atoms with Crippen LogP contribution < -0.4 is 10.6 Å². The summed E-state index contributed by atoms with van der Waals surface area (Å²) in [4.78, 5) is 13.6. The van der Waals surface area contributed by atoms with E-state index in [1.165, 1.54) is 4.90 Å². The number of anilines is 1. The molecule has 1 amide bonds. The number of aryl methyl sites for hydroxylation is 1. The van der Waals surface area contributed by atoms with Crippen LogP contribution in [0, 0.1) is 12.8 Å². The van der Waals surface area contributed by atoms with Crippen LogP contribution in [-0.4, -0.2) is 24.2 Å². The van der Waals surface area contributed by atoms with Crippen LogP contribution in [-0.2, 0) is 4.79 Å². The van der Waals surface area contributed by atoms with Gasteiger partial charge in [0.1, 0.15) is 0 Å². The van der Waals surface area contributed by atoms with E-state index >= 15 is 0 Å². The molecule has 0 aliphatic carbocycles. The molecule has 1 unspecified atom stereocenters. The van der Waals surface area contributed by atoms with Crippen LogP contribution in [0.15, 0.2) is 23.1 Å². The number of carbonyl (C=O) groups is 1. The number of hydrogen-bond donors (Lipinski definition) is 2. The van der Waals surface area contributed by atoms with Gasteiger partial charge in [-0.1, -0.05) is 13.8 Å². The highest BCUT2D eigenvalue weighted by atomic mass is 32.2. The molecule has 1 aliphatic rings. The molecule has 0 aromatic heterocycles. The summed E-state index contributed by atoms with van der Waals surface area (Å²) in [7, 11) is 0. The summed E-state index contributed by atoms with van der Waals surface area (Å²) in [5.74, 6) is 0.321.